The fourth-order valence-corrected chi connectivity index (χ4v) is 3.15. The van der Waals surface area contributed by atoms with Crippen LogP contribution >= 0.6 is 0 Å². The van der Waals surface area contributed by atoms with Crippen LogP contribution < -0.4 is 11.1 Å². The van der Waals surface area contributed by atoms with Gasteiger partial charge in [0.05, 0.1) is 11.3 Å². The molecule has 0 atom stereocenters. The summed E-state index contributed by atoms with van der Waals surface area (Å²) in [6.45, 7) is -0.0788. The quantitative estimate of drug-likeness (QED) is 0.484. The molecule has 4 aromatic rings. The molecule has 29 heavy (non-hydrogen) atoms. The summed E-state index contributed by atoms with van der Waals surface area (Å²) in [5.74, 6) is -2.22. The molecule has 0 spiro atoms. The van der Waals surface area contributed by atoms with Gasteiger partial charge in [0.25, 0.3) is 5.91 Å². The smallest absolute Gasteiger partial charge is 0.250 e. The first-order valence-electron chi connectivity index (χ1n) is 8.60. The second-order valence-corrected chi connectivity index (χ2v) is 6.43. The Kier molecular flexibility index (Phi) is 4.55. The molecule has 0 aliphatic rings. The molecule has 7 nitrogen and oxygen atoms in total. The van der Waals surface area contributed by atoms with E-state index in [1.54, 1.807) is 28.8 Å². The molecule has 0 radical (unpaired) electrons. The maximum absolute atomic E-state index is 13.4. The zero-order chi connectivity index (χ0) is 20.5. The number of fused-ring (bicyclic) bond motifs is 1. The van der Waals surface area contributed by atoms with E-state index in [9.17, 15) is 18.4 Å². The van der Waals surface area contributed by atoms with E-state index in [0.717, 1.165) is 18.2 Å². The monoisotopic (exact) mass is 395 g/mol. The van der Waals surface area contributed by atoms with Crippen molar-refractivity contribution in [3.8, 4) is 11.3 Å². The van der Waals surface area contributed by atoms with Crippen LogP contribution in [0.15, 0.2) is 54.7 Å². The number of nitrogens with two attached hydrogens (primary N) is 1. The summed E-state index contributed by atoms with van der Waals surface area (Å²) in [4.78, 5) is 24.1. The summed E-state index contributed by atoms with van der Waals surface area (Å²) in [6.07, 6.45) is 1.53. The van der Waals surface area contributed by atoms with Gasteiger partial charge < -0.3 is 15.6 Å². The highest BCUT2D eigenvalue weighted by Crippen LogP contribution is 2.23. The van der Waals surface area contributed by atoms with E-state index in [1.807, 2.05) is 0 Å². The molecule has 2 heterocycles. The van der Waals surface area contributed by atoms with Crippen molar-refractivity contribution in [3.05, 3.63) is 71.9 Å². The van der Waals surface area contributed by atoms with Crippen LogP contribution in [0.25, 0.3) is 22.2 Å². The second kappa shape index (κ2) is 7.19. The molecule has 0 fully saturated rings. The molecule has 0 saturated heterocycles. The summed E-state index contributed by atoms with van der Waals surface area (Å²) in [5, 5.41) is 9.84. The van der Waals surface area contributed by atoms with E-state index in [0.29, 0.717) is 22.2 Å². The van der Waals surface area contributed by atoms with E-state index in [4.69, 9.17) is 5.73 Å². The third-order valence-corrected chi connectivity index (χ3v) is 4.39. The minimum Gasteiger partial charge on any atom is -0.366 e. The number of aromatic amines is 1. The molecule has 0 unspecified atom stereocenters. The van der Waals surface area contributed by atoms with Crippen LogP contribution in [0.5, 0.6) is 0 Å². The summed E-state index contributed by atoms with van der Waals surface area (Å²) >= 11 is 0. The third-order valence-electron chi connectivity index (χ3n) is 4.39. The van der Waals surface area contributed by atoms with Crippen LogP contribution in [0.1, 0.15) is 10.4 Å². The van der Waals surface area contributed by atoms with Gasteiger partial charge in [-0.3, -0.25) is 14.7 Å². The largest absolute Gasteiger partial charge is 0.366 e. The number of halogens is 2. The second-order valence-electron chi connectivity index (χ2n) is 6.43. The van der Waals surface area contributed by atoms with E-state index in [-0.39, 0.29) is 17.9 Å². The third kappa shape index (κ3) is 3.70. The Bertz CT molecular complexity index is 1220. The Labute approximate surface area is 163 Å². The Morgan fingerprint density at radius 1 is 1.10 bits per heavy atom. The van der Waals surface area contributed by atoms with Crippen molar-refractivity contribution in [2.45, 2.75) is 6.54 Å². The van der Waals surface area contributed by atoms with Crippen LogP contribution in [-0.4, -0.2) is 26.6 Å². The van der Waals surface area contributed by atoms with E-state index in [1.165, 1.54) is 12.3 Å². The fourth-order valence-electron chi connectivity index (χ4n) is 3.15. The molecular weight excluding hydrogens is 380 g/mol. The molecule has 0 bridgehead atoms. The Hall–Kier alpha value is -4.01. The molecule has 0 aliphatic heterocycles. The number of aromatic nitrogens is 3. The molecule has 2 amide bonds. The van der Waals surface area contributed by atoms with Gasteiger partial charge in [-0.25, -0.2) is 8.78 Å². The summed E-state index contributed by atoms with van der Waals surface area (Å²) in [5.41, 5.74) is 7.03. The zero-order valence-corrected chi connectivity index (χ0v) is 14.9. The van der Waals surface area contributed by atoms with E-state index >= 15 is 0 Å². The van der Waals surface area contributed by atoms with Crippen LogP contribution in [0.3, 0.4) is 0 Å². The van der Waals surface area contributed by atoms with Crippen molar-refractivity contribution < 1.29 is 18.4 Å². The van der Waals surface area contributed by atoms with Gasteiger partial charge in [0.2, 0.25) is 5.91 Å². The molecular formula is C20H15F2N5O2. The van der Waals surface area contributed by atoms with E-state index in [2.05, 4.69) is 15.5 Å². The highest BCUT2D eigenvalue weighted by Gasteiger charge is 2.15. The van der Waals surface area contributed by atoms with Gasteiger partial charge in [0.15, 0.2) is 5.82 Å². The number of carbonyl (C=O) groups is 2. The first-order chi connectivity index (χ1) is 13.9. The van der Waals surface area contributed by atoms with Gasteiger partial charge in [-0.1, -0.05) is 18.2 Å². The predicted octanol–water partition coefficient (Wildman–Crippen LogP) is 3.05. The number of hydrogen-bond donors (Lipinski definition) is 3. The zero-order valence-electron chi connectivity index (χ0n) is 14.9. The first kappa shape index (κ1) is 18.4. The molecule has 2 aromatic carbocycles. The topological polar surface area (TPSA) is 106 Å². The summed E-state index contributed by atoms with van der Waals surface area (Å²) in [7, 11) is 0. The number of carbonyl (C=O) groups excluding carboxylic acids is 2. The van der Waals surface area contributed by atoms with E-state index < -0.39 is 23.4 Å². The molecule has 146 valence electrons. The van der Waals surface area contributed by atoms with Gasteiger partial charge in [0, 0.05) is 34.8 Å². The van der Waals surface area contributed by atoms with Crippen molar-refractivity contribution in [3.63, 3.8) is 0 Å². The molecule has 4 rings (SSSR count). The van der Waals surface area contributed by atoms with Gasteiger partial charge in [-0.2, -0.15) is 5.10 Å². The lowest BCUT2D eigenvalue weighted by Crippen LogP contribution is -2.18. The lowest BCUT2D eigenvalue weighted by atomic mass is 10.1. The lowest BCUT2D eigenvalue weighted by molar-refractivity contribution is -0.116. The van der Waals surface area contributed by atoms with Crippen LogP contribution in [0, 0.1) is 11.6 Å². The number of nitrogens with zero attached hydrogens (tertiary/aromatic N) is 2. The van der Waals surface area contributed by atoms with Crippen LogP contribution in [0.2, 0.25) is 0 Å². The number of primary amides is 1. The van der Waals surface area contributed by atoms with Crippen molar-refractivity contribution >= 4 is 28.5 Å². The number of anilines is 1. The normalized spacial score (nSPS) is 11.0. The highest BCUT2D eigenvalue weighted by molar-refractivity contribution is 6.06. The standard InChI is InChI=1S/C20H15F2N5O2/c21-12-5-11(6-13(22)7-12)16-8-18(26-25-16)24-19(28)10-27-9-15(20(23)29)14-3-1-2-4-17(14)27/h1-9H,10H2,(H2,23,29)(H2,24,25,26,28). The number of para-hydroxylation sites is 1. The molecule has 2 aromatic heterocycles. The fraction of sp³-hybridized carbons (Fsp3) is 0.0500. The first-order valence-corrected chi connectivity index (χ1v) is 8.60. The average molecular weight is 395 g/mol. The van der Waals surface area contributed by atoms with Gasteiger partial charge >= 0.3 is 0 Å². The maximum atomic E-state index is 13.4. The molecule has 0 aliphatic carbocycles. The maximum Gasteiger partial charge on any atom is 0.250 e. The molecule has 9 heteroatoms. The number of amides is 2. The van der Waals surface area contributed by atoms with Crippen molar-refractivity contribution in [1.82, 2.24) is 14.8 Å². The summed E-state index contributed by atoms with van der Waals surface area (Å²) < 4.78 is 28.4. The SMILES string of the molecule is NC(=O)c1cn(CC(=O)Nc2cc(-c3cc(F)cc(F)c3)[nH]n2)c2ccccc12. The average Bonchev–Trinajstić information content (AvgIpc) is 3.26. The molecule has 4 N–H and O–H groups in total. The minimum atomic E-state index is -0.718. The Morgan fingerprint density at radius 2 is 1.83 bits per heavy atom. The highest BCUT2D eigenvalue weighted by atomic mass is 19.1. The number of hydrogen-bond acceptors (Lipinski definition) is 3. The van der Waals surface area contributed by atoms with Crippen LogP contribution in [-0.2, 0) is 11.3 Å². The Morgan fingerprint density at radius 3 is 2.55 bits per heavy atom. The van der Waals surface area contributed by atoms with Crippen molar-refractivity contribution in [2.24, 2.45) is 5.73 Å². The number of benzene rings is 2. The number of rotatable bonds is 5. The number of H-pyrrole nitrogens is 1. The van der Waals surface area contributed by atoms with Crippen molar-refractivity contribution in [1.29, 1.82) is 0 Å². The number of nitrogens with one attached hydrogen (secondary N) is 2. The van der Waals surface area contributed by atoms with Crippen molar-refractivity contribution in [2.75, 3.05) is 5.32 Å². The minimum absolute atomic E-state index is 0.0788. The van der Waals surface area contributed by atoms with Gasteiger partial charge in [-0.15, -0.1) is 0 Å². The van der Waals surface area contributed by atoms with Gasteiger partial charge in [0.1, 0.15) is 18.2 Å². The van der Waals surface area contributed by atoms with Gasteiger partial charge in [-0.05, 0) is 18.2 Å². The van der Waals surface area contributed by atoms with Crippen LogP contribution in [0.4, 0.5) is 14.6 Å². The molecule has 0 saturated carbocycles. The predicted molar refractivity (Wildman–Crippen MR) is 103 cm³/mol. The summed E-state index contributed by atoms with van der Waals surface area (Å²) in [6, 6.07) is 11.6. The lowest BCUT2D eigenvalue weighted by Gasteiger charge is -2.05. The Balaban J connectivity index is 1.53.